The lowest BCUT2D eigenvalue weighted by Gasteiger charge is -2.10. The van der Waals surface area contributed by atoms with Crippen molar-refractivity contribution < 1.29 is 0 Å². The van der Waals surface area contributed by atoms with Crippen molar-refractivity contribution in [3.05, 3.63) is 78.1 Å². The molecule has 0 saturated heterocycles. The summed E-state index contributed by atoms with van der Waals surface area (Å²) in [4.78, 5) is 0. The topological polar surface area (TPSA) is 33.6 Å². The van der Waals surface area contributed by atoms with Crippen LogP contribution in [0.4, 0.5) is 0 Å². The zero-order chi connectivity index (χ0) is 14.9. The van der Waals surface area contributed by atoms with E-state index >= 15 is 0 Å². The summed E-state index contributed by atoms with van der Waals surface area (Å²) in [5.74, 6) is 0. The Bertz CT molecular complexity index is 913. The number of nitrogens with zero attached hydrogens (tertiary/aromatic N) is 2. The van der Waals surface area contributed by atoms with Crippen molar-refractivity contribution in [1.29, 1.82) is 0 Å². The predicted octanol–water partition coefficient (Wildman–Crippen LogP) is 4.39. The molecule has 2 aromatic carbocycles. The van der Waals surface area contributed by atoms with E-state index in [0.717, 1.165) is 17.4 Å². The molecular weight excluding hydrogens is 270 g/mol. The van der Waals surface area contributed by atoms with Crippen LogP contribution in [0, 0.1) is 6.92 Å². The molecule has 0 saturated carbocycles. The lowest BCUT2D eigenvalue weighted by atomic mass is 10.1. The number of hydrogen-bond donors (Lipinski definition) is 1. The quantitative estimate of drug-likeness (QED) is 0.595. The third-order valence-electron chi connectivity index (χ3n) is 4.04. The van der Waals surface area contributed by atoms with Gasteiger partial charge >= 0.3 is 0 Å². The van der Waals surface area contributed by atoms with Crippen molar-refractivity contribution in [3.63, 3.8) is 0 Å². The average Bonchev–Trinajstić information content (AvgIpc) is 3.17. The molecule has 0 radical (unpaired) electrons. The number of aryl methyl sites for hydroxylation is 1. The van der Waals surface area contributed by atoms with Crippen LogP contribution in [0.3, 0.4) is 0 Å². The molecule has 108 valence electrons. The summed E-state index contributed by atoms with van der Waals surface area (Å²) in [6.45, 7) is 2.97. The van der Waals surface area contributed by atoms with Gasteiger partial charge in [0.2, 0.25) is 0 Å². The van der Waals surface area contributed by atoms with Gasteiger partial charge in [-0.1, -0.05) is 42.0 Å². The summed E-state index contributed by atoms with van der Waals surface area (Å²) < 4.78 is 2.28. The summed E-state index contributed by atoms with van der Waals surface area (Å²) >= 11 is 0. The molecule has 3 nitrogen and oxygen atoms in total. The van der Waals surface area contributed by atoms with Gasteiger partial charge in [-0.05, 0) is 36.2 Å². The van der Waals surface area contributed by atoms with Crippen molar-refractivity contribution >= 4 is 10.9 Å². The SMILES string of the molecule is Cc1ccc(-c2cccn2Cc2ccc3cn[nH]c3c2)cc1. The summed E-state index contributed by atoms with van der Waals surface area (Å²) in [7, 11) is 0. The van der Waals surface area contributed by atoms with Gasteiger partial charge < -0.3 is 4.57 Å². The zero-order valence-corrected chi connectivity index (χ0v) is 12.5. The number of nitrogens with one attached hydrogen (secondary N) is 1. The normalized spacial score (nSPS) is 11.1. The van der Waals surface area contributed by atoms with E-state index in [9.17, 15) is 0 Å². The monoisotopic (exact) mass is 287 g/mol. The van der Waals surface area contributed by atoms with Gasteiger partial charge in [-0.3, -0.25) is 5.10 Å². The Morgan fingerprint density at radius 3 is 2.77 bits per heavy atom. The Morgan fingerprint density at radius 1 is 1.05 bits per heavy atom. The van der Waals surface area contributed by atoms with Crippen molar-refractivity contribution in [2.24, 2.45) is 0 Å². The molecule has 1 N–H and O–H groups in total. The smallest absolute Gasteiger partial charge is 0.0653 e. The first kappa shape index (κ1) is 12.9. The average molecular weight is 287 g/mol. The largest absolute Gasteiger partial charge is 0.343 e. The highest BCUT2D eigenvalue weighted by Crippen LogP contribution is 2.22. The van der Waals surface area contributed by atoms with Crippen LogP contribution >= 0.6 is 0 Å². The summed E-state index contributed by atoms with van der Waals surface area (Å²) in [6, 6.07) is 19.4. The fourth-order valence-electron chi connectivity index (χ4n) is 2.82. The van der Waals surface area contributed by atoms with Gasteiger partial charge in [0.25, 0.3) is 0 Å². The molecule has 3 heteroatoms. The predicted molar refractivity (Wildman–Crippen MR) is 89.8 cm³/mol. The number of rotatable bonds is 3. The molecule has 0 unspecified atom stereocenters. The van der Waals surface area contributed by atoms with E-state index in [4.69, 9.17) is 0 Å². The molecule has 4 rings (SSSR count). The second-order valence-electron chi connectivity index (χ2n) is 5.68. The molecule has 0 aliphatic carbocycles. The van der Waals surface area contributed by atoms with E-state index in [1.54, 1.807) is 0 Å². The maximum Gasteiger partial charge on any atom is 0.0653 e. The van der Waals surface area contributed by atoms with Gasteiger partial charge in [0.15, 0.2) is 0 Å². The van der Waals surface area contributed by atoms with E-state index in [1.807, 2.05) is 6.20 Å². The van der Waals surface area contributed by atoms with Crippen molar-refractivity contribution in [3.8, 4) is 11.3 Å². The molecule has 4 aromatic rings. The third kappa shape index (κ3) is 2.31. The molecule has 22 heavy (non-hydrogen) atoms. The van der Waals surface area contributed by atoms with Crippen LogP contribution in [-0.4, -0.2) is 14.8 Å². The van der Waals surface area contributed by atoms with Crippen LogP contribution < -0.4 is 0 Å². The van der Waals surface area contributed by atoms with Crippen molar-refractivity contribution in [1.82, 2.24) is 14.8 Å². The van der Waals surface area contributed by atoms with Crippen LogP contribution in [0.2, 0.25) is 0 Å². The minimum Gasteiger partial charge on any atom is -0.343 e. The fourth-order valence-corrected chi connectivity index (χ4v) is 2.82. The number of aromatic amines is 1. The van der Waals surface area contributed by atoms with Gasteiger partial charge in [0, 0.05) is 23.8 Å². The molecule has 0 bridgehead atoms. The molecule has 0 spiro atoms. The van der Waals surface area contributed by atoms with Gasteiger partial charge in [-0.2, -0.15) is 5.10 Å². The second-order valence-corrected chi connectivity index (χ2v) is 5.68. The number of aromatic nitrogens is 3. The second kappa shape index (κ2) is 5.19. The number of H-pyrrole nitrogens is 1. The van der Waals surface area contributed by atoms with Crippen LogP contribution in [0.1, 0.15) is 11.1 Å². The molecule has 0 atom stereocenters. The summed E-state index contributed by atoms with van der Waals surface area (Å²) in [5.41, 5.74) is 6.12. The Labute approximate surface area is 129 Å². The minimum absolute atomic E-state index is 0.852. The highest BCUT2D eigenvalue weighted by Gasteiger charge is 2.05. The van der Waals surface area contributed by atoms with Crippen LogP contribution in [0.25, 0.3) is 22.2 Å². The van der Waals surface area contributed by atoms with Gasteiger partial charge in [0.05, 0.1) is 11.7 Å². The van der Waals surface area contributed by atoms with E-state index < -0.39 is 0 Å². The highest BCUT2D eigenvalue weighted by atomic mass is 15.1. The fraction of sp³-hybridized carbons (Fsp3) is 0.105. The molecular formula is C19H17N3. The lowest BCUT2D eigenvalue weighted by molar-refractivity contribution is 0.815. The van der Waals surface area contributed by atoms with Gasteiger partial charge in [-0.25, -0.2) is 0 Å². The third-order valence-corrected chi connectivity index (χ3v) is 4.04. The van der Waals surface area contributed by atoms with Crippen molar-refractivity contribution in [2.45, 2.75) is 13.5 Å². The standard InChI is InChI=1S/C19H17N3/c1-14-4-7-16(8-5-14)19-3-2-10-22(19)13-15-6-9-17-12-20-21-18(17)11-15/h2-12H,13H2,1H3,(H,20,21). The summed E-state index contributed by atoms with van der Waals surface area (Å²) in [6.07, 6.45) is 3.98. The Kier molecular flexibility index (Phi) is 3.04. The minimum atomic E-state index is 0.852. The molecule has 2 heterocycles. The molecule has 0 aliphatic heterocycles. The molecule has 0 aliphatic rings. The van der Waals surface area contributed by atoms with Crippen LogP contribution in [-0.2, 0) is 6.54 Å². The number of fused-ring (bicyclic) bond motifs is 1. The molecule has 2 aromatic heterocycles. The number of hydrogen-bond acceptors (Lipinski definition) is 1. The van der Waals surface area contributed by atoms with E-state index in [-0.39, 0.29) is 0 Å². The van der Waals surface area contributed by atoms with Crippen LogP contribution in [0.5, 0.6) is 0 Å². The molecule has 0 amide bonds. The first-order valence-corrected chi connectivity index (χ1v) is 7.44. The maximum atomic E-state index is 4.08. The lowest BCUT2D eigenvalue weighted by Crippen LogP contribution is -2.00. The maximum absolute atomic E-state index is 4.08. The van der Waals surface area contributed by atoms with Crippen LogP contribution in [0.15, 0.2) is 67.0 Å². The van der Waals surface area contributed by atoms with Gasteiger partial charge in [-0.15, -0.1) is 0 Å². The first-order valence-electron chi connectivity index (χ1n) is 7.44. The zero-order valence-electron chi connectivity index (χ0n) is 12.5. The Balaban J connectivity index is 1.68. The van der Waals surface area contributed by atoms with E-state index in [2.05, 4.69) is 82.5 Å². The van der Waals surface area contributed by atoms with E-state index in [1.165, 1.54) is 22.4 Å². The highest BCUT2D eigenvalue weighted by molar-refractivity contribution is 5.78. The Morgan fingerprint density at radius 2 is 1.91 bits per heavy atom. The van der Waals surface area contributed by atoms with Crippen molar-refractivity contribution in [2.75, 3.05) is 0 Å². The first-order chi connectivity index (χ1) is 10.8. The summed E-state index contributed by atoms with van der Waals surface area (Å²) in [5, 5.41) is 8.26. The van der Waals surface area contributed by atoms with E-state index in [0.29, 0.717) is 0 Å². The molecule has 0 fully saturated rings. The van der Waals surface area contributed by atoms with Gasteiger partial charge in [0.1, 0.15) is 0 Å². The number of benzene rings is 2. The Hall–Kier alpha value is -2.81.